The van der Waals surface area contributed by atoms with Gasteiger partial charge in [0, 0.05) is 12.2 Å². The minimum atomic E-state index is -4.00. The van der Waals surface area contributed by atoms with Gasteiger partial charge in [0.1, 0.15) is 0 Å². The van der Waals surface area contributed by atoms with Crippen LogP contribution in [0.1, 0.15) is 17.8 Å². The van der Waals surface area contributed by atoms with Crippen molar-refractivity contribution in [2.24, 2.45) is 5.73 Å². The fourth-order valence-corrected chi connectivity index (χ4v) is 3.28. The molecule has 5 N–H and O–H groups in total. The zero-order chi connectivity index (χ0) is 20.3. The average Bonchev–Trinajstić information content (AvgIpc) is 2.58. The molecule has 1 aromatic rings. The number of ether oxygens (including phenoxy) is 1. The van der Waals surface area contributed by atoms with Gasteiger partial charge in [0.2, 0.25) is 7.37 Å². The summed E-state index contributed by atoms with van der Waals surface area (Å²) < 4.78 is 16.8. The molecule has 0 aliphatic heterocycles. The van der Waals surface area contributed by atoms with E-state index in [9.17, 15) is 29.5 Å². The SMILES string of the molecule is NCCCP(=O)(O)C(O)c1ccc(OCC(=O)O)c([N+](=O)[O-])c1.O=C=O. The molecule has 1 rings (SSSR count). The van der Waals surface area contributed by atoms with Crippen molar-refractivity contribution in [3.63, 3.8) is 0 Å². The molecular weight excluding hydrogens is 375 g/mol. The number of nitro benzene ring substituents is 1. The topological polar surface area (TPSA) is 207 Å². The predicted octanol–water partition coefficient (Wildman–Crippen LogP) is 0.0848. The molecule has 0 fully saturated rings. The Labute approximate surface area is 146 Å². The number of hydrogen-bond donors (Lipinski definition) is 4. The van der Waals surface area contributed by atoms with E-state index in [1.165, 1.54) is 6.07 Å². The van der Waals surface area contributed by atoms with Crippen LogP contribution >= 0.6 is 7.37 Å². The van der Waals surface area contributed by atoms with E-state index in [1.807, 2.05) is 0 Å². The van der Waals surface area contributed by atoms with Crippen molar-refractivity contribution in [1.82, 2.24) is 0 Å². The molecule has 0 aliphatic rings. The molecule has 0 radical (unpaired) electrons. The van der Waals surface area contributed by atoms with Crippen molar-refractivity contribution in [3.05, 3.63) is 33.9 Å². The van der Waals surface area contributed by atoms with E-state index >= 15 is 0 Å². The lowest BCUT2D eigenvalue weighted by Gasteiger charge is -2.18. The Balaban J connectivity index is 0.00000194. The molecule has 0 bridgehead atoms. The van der Waals surface area contributed by atoms with Gasteiger partial charge in [0.25, 0.3) is 0 Å². The molecule has 0 heterocycles. The number of carboxylic acids is 1. The average molecular weight is 392 g/mol. The Morgan fingerprint density at radius 2 is 2.00 bits per heavy atom. The van der Waals surface area contributed by atoms with Crippen LogP contribution in [0.4, 0.5) is 5.69 Å². The molecule has 12 nitrogen and oxygen atoms in total. The molecule has 26 heavy (non-hydrogen) atoms. The van der Waals surface area contributed by atoms with Gasteiger partial charge >= 0.3 is 17.8 Å². The van der Waals surface area contributed by atoms with E-state index in [0.717, 1.165) is 12.1 Å². The number of nitrogens with two attached hydrogens (primary N) is 1. The summed E-state index contributed by atoms with van der Waals surface area (Å²) in [5.41, 5.74) is 4.50. The molecule has 2 unspecified atom stereocenters. The predicted molar refractivity (Wildman–Crippen MR) is 84.6 cm³/mol. The molecule has 0 aromatic heterocycles. The van der Waals surface area contributed by atoms with E-state index < -0.39 is 36.4 Å². The lowest BCUT2D eigenvalue weighted by Crippen LogP contribution is -2.11. The minimum absolute atomic E-state index is 0.137. The summed E-state index contributed by atoms with van der Waals surface area (Å²) in [5.74, 6) is -3.44. The Kier molecular flexibility index (Phi) is 9.97. The highest BCUT2D eigenvalue weighted by molar-refractivity contribution is 7.58. The molecule has 13 heteroatoms. The molecule has 0 saturated heterocycles. The van der Waals surface area contributed by atoms with Crippen molar-refractivity contribution >= 4 is 25.2 Å². The lowest BCUT2D eigenvalue weighted by molar-refractivity contribution is -0.385. The molecule has 0 aliphatic carbocycles. The van der Waals surface area contributed by atoms with E-state index in [0.29, 0.717) is 0 Å². The number of rotatable bonds is 9. The molecule has 1 aromatic carbocycles. The van der Waals surface area contributed by atoms with Gasteiger partial charge in [-0.05, 0) is 24.6 Å². The van der Waals surface area contributed by atoms with Gasteiger partial charge in [-0.1, -0.05) is 6.07 Å². The first-order valence-electron chi connectivity index (χ1n) is 6.92. The third-order valence-corrected chi connectivity index (χ3v) is 4.91. The maximum atomic E-state index is 12.0. The number of aliphatic carboxylic acids is 1. The Hall–Kier alpha value is -2.62. The van der Waals surface area contributed by atoms with Gasteiger partial charge in [-0.15, -0.1) is 0 Å². The normalized spacial score (nSPS) is 13.3. The largest absolute Gasteiger partial charge is 0.479 e. The van der Waals surface area contributed by atoms with Crippen LogP contribution in [0.5, 0.6) is 5.75 Å². The standard InChI is InChI=1S/C12H17N2O8P.CO2/c13-4-1-5-23(20,21)12(17)8-2-3-10(22-7-11(15)16)9(6-8)14(18)19;2-1-3/h2-3,6,12,17H,1,4-5,7,13H2,(H,15,16)(H,20,21);. The van der Waals surface area contributed by atoms with Crippen molar-refractivity contribution < 1.29 is 43.7 Å². The van der Waals surface area contributed by atoms with Crippen LogP contribution in [0.2, 0.25) is 0 Å². The fraction of sp³-hybridized carbons (Fsp3) is 0.385. The number of carboxylic acid groups (broad SMARTS) is 1. The molecular formula is C13H17N2O10P. The van der Waals surface area contributed by atoms with Gasteiger partial charge in [0.05, 0.1) is 4.92 Å². The zero-order valence-electron chi connectivity index (χ0n) is 13.3. The third-order valence-electron chi connectivity index (χ3n) is 2.89. The zero-order valence-corrected chi connectivity index (χ0v) is 14.2. The number of nitro groups is 1. The molecule has 144 valence electrons. The smallest absolute Gasteiger partial charge is 0.373 e. The maximum absolute atomic E-state index is 12.0. The summed E-state index contributed by atoms with van der Waals surface area (Å²) in [5, 5.41) is 29.5. The lowest BCUT2D eigenvalue weighted by atomic mass is 10.2. The monoisotopic (exact) mass is 392 g/mol. The van der Waals surface area contributed by atoms with Crippen LogP contribution in [-0.4, -0.2) is 51.5 Å². The first-order valence-corrected chi connectivity index (χ1v) is 8.84. The summed E-state index contributed by atoms with van der Waals surface area (Å²) in [6.45, 7) is -0.614. The highest BCUT2D eigenvalue weighted by Crippen LogP contribution is 2.54. The molecule has 0 amide bonds. The summed E-state index contributed by atoms with van der Waals surface area (Å²) >= 11 is 0. The summed E-state index contributed by atoms with van der Waals surface area (Å²) in [7, 11) is -4.00. The summed E-state index contributed by atoms with van der Waals surface area (Å²) in [6.07, 6.45) is 0.239. The van der Waals surface area contributed by atoms with E-state index in [-0.39, 0.29) is 36.6 Å². The second kappa shape index (κ2) is 11.1. The van der Waals surface area contributed by atoms with E-state index in [2.05, 4.69) is 0 Å². The first-order chi connectivity index (χ1) is 12.1. The Bertz CT molecular complexity index is 717. The first kappa shape index (κ1) is 23.4. The van der Waals surface area contributed by atoms with Crippen LogP contribution in [0.3, 0.4) is 0 Å². The molecule has 0 saturated carbocycles. The van der Waals surface area contributed by atoms with Crippen molar-refractivity contribution in [3.8, 4) is 5.75 Å². The number of nitrogens with zero attached hydrogens (tertiary/aromatic N) is 1. The summed E-state index contributed by atoms with van der Waals surface area (Å²) in [6, 6.07) is 3.12. The van der Waals surface area contributed by atoms with Crippen LogP contribution < -0.4 is 10.5 Å². The highest BCUT2D eigenvalue weighted by atomic mass is 31.2. The second-order valence-electron chi connectivity index (χ2n) is 4.75. The van der Waals surface area contributed by atoms with Gasteiger partial charge < -0.3 is 25.6 Å². The van der Waals surface area contributed by atoms with Crippen molar-refractivity contribution in [1.29, 1.82) is 0 Å². The van der Waals surface area contributed by atoms with Crippen LogP contribution in [-0.2, 0) is 18.9 Å². The van der Waals surface area contributed by atoms with Gasteiger partial charge in [-0.25, -0.2) is 4.79 Å². The molecule has 2 atom stereocenters. The number of carbonyl (C=O) groups is 1. The van der Waals surface area contributed by atoms with Crippen molar-refractivity contribution in [2.45, 2.75) is 12.3 Å². The third kappa shape index (κ3) is 7.51. The highest BCUT2D eigenvalue weighted by Gasteiger charge is 2.31. The van der Waals surface area contributed by atoms with E-state index in [1.54, 1.807) is 0 Å². The van der Waals surface area contributed by atoms with Crippen LogP contribution in [0.25, 0.3) is 0 Å². The maximum Gasteiger partial charge on any atom is 0.373 e. The minimum Gasteiger partial charge on any atom is -0.479 e. The summed E-state index contributed by atoms with van der Waals surface area (Å²) in [4.78, 5) is 46.7. The Morgan fingerprint density at radius 1 is 1.42 bits per heavy atom. The second-order valence-corrected chi connectivity index (χ2v) is 7.19. The van der Waals surface area contributed by atoms with Gasteiger partial charge in [-0.2, -0.15) is 9.59 Å². The fourth-order valence-electron chi connectivity index (χ4n) is 1.77. The van der Waals surface area contributed by atoms with Crippen LogP contribution in [0, 0.1) is 10.1 Å². The van der Waals surface area contributed by atoms with E-state index in [4.69, 9.17) is 25.2 Å². The van der Waals surface area contributed by atoms with Crippen LogP contribution in [0.15, 0.2) is 18.2 Å². The van der Waals surface area contributed by atoms with Gasteiger partial charge in [-0.3, -0.25) is 14.7 Å². The van der Waals surface area contributed by atoms with Gasteiger partial charge in [0.15, 0.2) is 18.2 Å². The number of hydrogen-bond acceptors (Lipinski definition) is 9. The quantitative estimate of drug-likeness (QED) is 0.251. The number of carbonyl (C=O) groups excluding carboxylic acids is 2. The number of aliphatic hydroxyl groups excluding tert-OH is 1. The van der Waals surface area contributed by atoms with Crippen molar-refractivity contribution in [2.75, 3.05) is 19.3 Å². The number of benzene rings is 1. The molecule has 0 spiro atoms. The number of aliphatic hydroxyl groups is 1. The Morgan fingerprint density at radius 3 is 2.46 bits per heavy atom.